The molecule has 0 aromatic heterocycles. The van der Waals surface area contributed by atoms with Crippen LogP contribution in [0.25, 0.3) is 11.1 Å². The molecule has 0 heterocycles. The van der Waals surface area contributed by atoms with Crippen LogP contribution in [0.3, 0.4) is 0 Å². The lowest BCUT2D eigenvalue weighted by atomic mass is 10.0. The normalized spacial score (nSPS) is 10.0. The van der Waals surface area contributed by atoms with E-state index in [1.54, 1.807) is 12.1 Å². The SMILES string of the molecule is O=C(CCC(=O)c1ccc(-c2ccccc2)cc1)OCCNC=S. The monoisotopic (exact) mass is 341 g/mol. The molecule has 0 bridgehead atoms. The number of thiocarbonyl (C=S) groups is 1. The zero-order valence-corrected chi connectivity index (χ0v) is 14.1. The van der Waals surface area contributed by atoms with Crippen LogP contribution in [0, 0.1) is 0 Å². The maximum Gasteiger partial charge on any atom is 0.306 e. The van der Waals surface area contributed by atoms with Crippen LogP contribution in [-0.2, 0) is 9.53 Å². The van der Waals surface area contributed by atoms with Gasteiger partial charge in [-0.2, -0.15) is 0 Å². The van der Waals surface area contributed by atoms with E-state index < -0.39 is 0 Å². The number of carbonyl (C=O) groups is 2. The molecular weight excluding hydrogens is 322 g/mol. The van der Waals surface area contributed by atoms with Gasteiger partial charge in [0, 0.05) is 18.5 Å². The van der Waals surface area contributed by atoms with Crippen LogP contribution in [0.2, 0.25) is 0 Å². The fourth-order valence-electron chi connectivity index (χ4n) is 2.19. The summed E-state index contributed by atoms with van der Waals surface area (Å²) in [7, 11) is 0. The molecule has 0 unspecified atom stereocenters. The van der Waals surface area contributed by atoms with Crippen molar-refractivity contribution in [2.45, 2.75) is 12.8 Å². The van der Waals surface area contributed by atoms with Gasteiger partial charge >= 0.3 is 5.97 Å². The van der Waals surface area contributed by atoms with Crippen molar-refractivity contribution in [1.82, 2.24) is 5.32 Å². The lowest BCUT2D eigenvalue weighted by Gasteiger charge is -2.05. The Hall–Kier alpha value is -2.53. The highest BCUT2D eigenvalue weighted by Gasteiger charge is 2.10. The average Bonchev–Trinajstić information content (AvgIpc) is 2.64. The molecule has 2 aromatic rings. The number of Topliss-reactive ketones (excluding diaryl/α,β-unsaturated/α-hetero) is 1. The molecule has 0 amide bonds. The summed E-state index contributed by atoms with van der Waals surface area (Å²) in [6, 6.07) is 17.4. The van der Waals surface area contributed by atoms with Gasteiger partial charge in [0.1, 0.15) is 6.61 Å². The molecule has 0 spiro atoms. The van der Waals surface area contributed by atoms with Gasteiger partial charge in [-0.3, -0.25) is 9.59 Å². The van der Waals surface area contributed by atoms with E-state index in [2.05, 4.69) is 17.5 Å². The Labute approximate surface area is 146 Å². The van der Waals surface area contributed by atoms with Gasteiger partial charge in [0.25, 0.3) is 0 Å². The topological polar surface area (TPSA) is 55.4 Å². The van der Waals surface area contributed by atoms with Gasteiger partial charge in [0.15, 0.2) is 5.78 Å². The first kappa shape index (κ1) is 17.8. The Morgan fingerprint density at radius 3 is 2.29 bits per heavy atom. The van der Waals surface area contributed by atoms with Crippen LogP contribution < -0.4 is 5.32 Å². The van der Waals surface area contributed by atoms with Crippen molar-refractivity contribution in [2.24, 2.45) is 0 Å². The largest absolute Gasteiger partial charge is 0.464 e. The molecule has 2 aromatic carbocycles. The van der Waals surface area contributed by atoms with Crippen LogP contribution in [0.15, 0.2) is 54.6 Å². The summed E-state index contributed by atoms with van der Waals surface area (Å²) in [5.41, 5.74) is 4.13. The van der Waals surface area contributed by atoms with E-state index in [1.807, 2.05) is 42.5 Å². The molecule has 1 N–H and O–H groups in total. The van der Waals surface area contributed by atoms with Gasteiger partial charge in [-0.1, -0.05) is 66.8 Å². The molecule has 0 radical (unpaired) electrons. The van der Waals surface area contributed by atoms with Crippen LogP contribution in [0.1, 0.15) is 23.2 Å². The van der Waals surface area contributed by atoms with Crippen molar-refractivity contribution >= 4 is 29.5 Å². The highest BCUT2D eigenvalue weighted by molar-refractivity contribution is 7.78. The minimum Gasteiger partial charge on any atom is -0.464 e. The number of rotatable bonds is 9. The van der Waals surface area contributed by atoms with Crippen LogP contribution in [-0.4, -0.2) is 30.4 Å². The molecule has 0 atom stereocenters. The second kappa shape index (κ2) is 9.57. The maximum absolute atomic E-state index is 12.1. The van der Waals surface area contributed by atoms with Crippen LogP contribution in [0.5, 0.6) is 0 Å². The number of ketones is 1. The van der Waals surface area contributed by atoms with Gasteiger partial charge in [0.05, 0.1) is 11.9 Å². The zero-order valence-electron chi connectivity index (χ0n) is 13.2. The van der Waals surface area contributed by atoms with Gasteiger partial charge in [0.2, 0.25) is 0 Å². The first-order valence-corrected chi connectivity index (χ1v) is 8.19. The zero-order chi connectivity index (χ0) is 17.2. The Balaban J connectivity index is 1.82. The van der Waals surface area contributed by atoms with Crippen LogP contribution >= 0.6 is 12.2 Å². The van der Waals surface area contributed by atoms with Gasteiger partial charge in [-0.25, -0.2) is 0 Å². The summed E-state index contributed by atoms with van der Waals surface area (Å²) in [5, 5.41) is 2.76. The molecule has 0 fully saturated rings. The Morgan fingerprint density at radius 1 is 0.958 bits per heavy atom. The molecule has 5 heteroatoms. The number of esters is 1. The van der Waals surface area contributed by atoms with Gasteiger partial charge in [-0.05, 0) is 11.1 Å². The van der Waals surface area contributed by atoms with Gasteiger partial charge in [-0.15, -0.1) is 0 Å². The summed E-state index contributed by atoms with van der Waals surface area (Å²) >= 11 is 4.59. The van der Waals surface area contributed by atoms with E-state index in [9.17, 15) is 9.59 Å². The number of hydrogen-bond donors (Lipinski definition) is 1. The summed E-state index contributed by atoms with van der Waals surface area (Å²) in [6.07, 6.45) is 0.223. The minimum atomic E-state index is -0.379. The summed E-state index contributed by atoms with van der Waals surface area (Å²) < 4.78 is 4.99. The molecular formula is C19H19NO3S. The summed E-state index contributed by atoms with van der Waals surface area (Å²) in [5.74, 6) is -0.445. The summed E-state index contributed by atoms with van der Waals surface area (Å²) in [4.78, 5) is 23.7. The molecule has 0 saturated heterocycles. The maximum atomic E-state index is 12.1. The molecule has 4 nitrogen and oxygen atoms in total. The fraction of sp³-hybridized carbons (Fsp3) is 0.211. The second-order valence-electron chi connectivity index (χ2n) is 5.16. The highest BCUT2D eigenvalue weighted by Crippen LogP contribution is 2.19. The quantitative estimate of drug-likeness (QED) is 0.328. The standard InChI is InChI=1S/C19H19NO3S/c21-18(10-11-19(22)23-13-12-20-14-24)17-8-6-16(7-9-17)15-4-2-1-3-5-15/h1-9,14H,10-13H2,(H,20,24). The van der Waals surface area contributed by atoms with E-state index in [4.69, 9.17) is 4.74 Å². The van der Waals surface area contributed by atoms with Crippen molar-refractivity contribution in [3.63, 3.8) is 0 Å². The molecule has 0 aliphatic rings. The lowest BCUT2D eigenvalue weighted by molar-refractivity contribution is -0.143. The summed E-state index contributed by atoms with van der Waals surface area (Å²) in [6.45, 7) is 0.718. The molecule has 0 aliphatic carbocycles. The number of benzene rings is 2. The highest BCUT2D eigenvalue weighted by atomic mass is 32.1. The molecule has 0 saturated carbocycles. The van der Waals surface area contributed by atoms with E-state index in [-0.39, 0.29) is 31.2 Å². The predicted octanol–water partition coefficient (Wildman–Crippen LogP) is 3.41. The fourth-order valence-corrected chi connectivity index (χ4v) is 2.31. The van der Waals surface area contributed by atoms with Crippen LogP contribution in [0.4, 0.5) is 0 Å². The molecule has 24 heavy (non-hydrogen) atoms. The third kappa shape index (κ3) is 5.59. The predicted molar refractivity (Wildman–Crippen MR) is 98.1 cm³/mol. The van der Waals surface area contributed by atoms with Crippen molar-refractivity contribution < 1.29 is 14.3 Å². The molecule has 124 valence electrons. The Kier molecular flexibility index (Phi) is 7.11. The van der Waals surface area contributed by atoms with Crippen molar-refractivity contribution in [2.75, 3.05) is 13.2 Å². The van der Waals surface area contributed by atoms with E-state index in [0.717, 1.165) is 11.1 Å². The lowest BCUT2D eigenvalue weighted by Crippen LogP contribution is -2.19. The molecule has 0 aliphatic heterocycles. The third-order valence-electron chi connectivity index (χ3n) is 3.46. The van der Waals surface area contributed by atoms with Crippen molar-refractivity contribution in [1.29, 1.82) is 0 Å². The minimum absolute atomic E-state index is 0.0661. The van der Waals surface area contributed by atoms with E-state index in [0.29, 0.717) is 12.1 Å². The Bertz CT molecular complexity index is 684. The van der Waals surface area contributed by atoms with Crippen molar-refractivity contribution in [3.05, 3.63) is 60.2 Å². The first-order chi connectivity index (χ1) is 11.7. The van der Waals surface area contributed by atoms with E-state index >= 15 is 0 Å². The average molecular weight is 341 g/mol. The number of hydrogen-bond acceptors (Lipinski definition) is 4. The smallest absolute Gasteiger partial charge is 0.306 e. The molecule has 2 rings (SSSR count). The van der Waals surface area contributed by atoms with Gasteiger partial charge < -0.3 is 10.1 Å². The number of nitrogens with one attached hydrogen (secondary N) is 1. The van der Waals surface area contributed by atoms with Crippen molar-refractivity contribution in [3.8, 4) is 11.1 Å². The van der Waals surface area contributed by atoms with E-state index in [1.165, 1.54) is 5.49 Å². The Morgan fingerprint density at radius 2 is 1.62 bits per heavy atom. The number of ether oxygens (including phenoxy) is 1. The first-order valence-electron chi connectivity index (χ1n) is 7.72. The second-order valence-corrected chi connectivity index (χ2v) is 5.39. The third-order valence-corrected chi connectivity index (χ3v) is 3.63. The number of carbonyl (C=O) groups excluding carboxylic acids is 2.